The van der Waals surface area contributed by atoms with Crippen molar-refractivity contribution in [2.45, 2.75) is 20.0 Å². The molecule has 4 rings (SSSR count). The Morgan fingerprint density at radius 1 is 1.28 bits per heavy atom. The SMILES string of the molecule is COC(=O)c1c(O)ccc2c1-c1c[nH]c3cccc(c13)[C@@H](C(C)C)O2. The average molecular weight is 337 g/mol. The Hall–Kier alpha value is -2.95. The van der Waals surface area contributed by atoms with Crippen molar-refractivity contribution in [3.63, 3.8) is 0 Å². The normalized spacial score (nSPS) is 15.6. The predicted octanol–water partition coefficient (Wildman–Crippen LogP) is 4.42. The van der Waals surface area contributed by atoms with Gasteiger partial charge in [0.25, 0.3) is 0 Å². The highest BCUT2D eigenvalue weighted by atomic mass is 16.5. The molecule has 5 nitrogen and oxygen atoms in total. The van der Waals surface area contributed by atoms with Gasteiger partial charge in [-0.3, -0.25) is 0 Å². The molecular formula is C20H19NO4. The Morgan fingerprint density at radius 2 is 2.08 bits per heavy atom. The zero-order valence-corrected chi connectivity index (χ0v) is 14.3. The van der Waals surface area contributed by atoms with Crippen LogP contribution in [0, 0.1) is 5.92 Å². The van der Waals surface area contributed by atoms with Crippen LogP contribution in [0.25, 0.3) is 22.0 Å². The minimum absolute atomic E-state index is 0.121. The van der Waals surface area contributed by atoms with Crippen molar-refractivity contribution in [3.8, 4) is 22.6 Å². The Morgan fingerprint density at radius 3 is 2.80 bits per heavy atom. The van der Waals surface area contributed by atoms with E-state index < -0.39 is 5.97 Å². The van der Waals surface area contributed by atoms with Crippen molar-refractivity contribution in [1.82, 2.24) is 4.98 Å². The van der Waals surface area contributed by atoms with Crippen LogP contribution in [0.1, 0.15) is 35.9 Å². The van der Waals surface area contributed by atoms with E-state index in [1.807, 2.05) is 24.4 Å². The molecule has 0 fully saturated rings. The molecule has 128 valence electrons. The van der Waals surface area contributed by atoms with Crippen LogP contribution in [-0.2, 0) is 4.74 Å². The number of methoxy groups -OCH3 is 1. The maximum Gasteiger partial charge on any atom is 0.342 e. The molecule has 2 N–H and O–H groups in total. The van der Waals surface area contributed by atoms with Gasteiger partial charge < -0.3 is 19.6 Å². The first-order chi connectivity index (χ1) is 12.0. The van der Waals surface area contributed by atoms with Crippen LogP contribution in [0.4, 0.5) is 0 Å². The summed E-state index contributed by atoms with van der Waals surface area (Å²) in [5, 5.41) is 11.3. The van der Waals surface area contributed by atoms with Crippen molar-refractivity contribution in [1.29, 1.82) is 0 Å². The number of aromatic nitrogens is 1. The molecule has 3 aromatic rings. The molecule has 0 aliphatic carbocycles. The number of hydrogen-bond donors (Lipinski definition) is 2. The van der Waals surface area contributed by atoms with Crippen LogP contribution in [0.2, 0.25) is 0 Å². The van der Waals surface area contributed by atoms with Gasteiger partial charge >= 0.3 is 5.97 Å². The second-order valence-electron chi connectivity index (χ2n) is 6.58. The van der Waals surface area contributed by atoms with Gasteiger partial charge in [-0.25, -0.2) is 4.79 Å². The van der Waals surface area contributed by atoms with Gasteiger partial charge in [0, 0.05) is 33.8 Å². The molecule has 0 bridgehead atoms. The number of rotatable bonds is 2. The third kappa shape index (κ3) is 2.19. The van der Waals surface area contributed by atoms with Gasteiger partial charge in [-0.05, 0) is 24.1 Å². The predicted molar refractivity (Wildman–Crippen MR) is 94.9 cm³/mol. The fourth-order valence-corrected chi connectivity index (χ4v) is 3.59. The monoisotopic (exact) mass is 337 g/mol. The number of phenolic OH excluding ortho intramolecular Hbond substituents is 1. The Bertz CT molecular complexity index is 987. The van der Waals surface area contributed by atoms with Crippen LogP contribution >= 0.6 is 0 Å². The third-order valence-electron chi connectivity index (χ3n) is 4.71. The number of esters is 1. The van der Waals surface area contributed by atoms with Crippen LogP contribution in [0.15, 0.2) is 36.5 Å². The van der Waals surface area contributed by atoms with E-state index >= 15 is 0 Å². The third-order valence-corrected chi connectivity index (χ3v) is 4.71. The maximum absolute atomic E-state index is 12.3. The number of aromatic hydroxyl groups is 1. The summed E-state index contributed by atoms with van der Waals surface area (Å²) < 4.78 is 11.2. The number of aromatic amines is 1. The number of phenols is 1. The Balaban J connectivity index is 2.13. The van der Waals surface area contributed by atoms with Crippen LogP contribution in [-0.4, -0.2) is 23.2 Å². The number of fused-ring (bicyclic) bond motifs is 2. The molecule has 25 heavy (non-hydrogen) atoms. The number of H-pyrrole nitrogens is 1. The van der Waals surface area contributed by atoms with E-state index in [0.29, 0.717) is 11.3 Å². The fourth-order valence-electron chi connectivity index (χ4n) is 3.59. The highest BCUT2D eigenvalue weighted by molar-refractivity contribution is 6.08. The van der Waals surface area contributed by atoms with E-state index in [4.69, 9.17) is 9.47 Å². The molecule has 0 spiro atoms. The van der Waals surface area contributed by atoms with Crippen molar-refractivity contribution in [2.24, 2.45) is 5.92 Å². The van der Waals surface area contributed by atoms with E-state index in [-0.39, 0.29) is 23.3 Å². The first-order valence-corrected chi connectivity index (χ1v) is 8.24. The van der Waals surface area contributed by atoms with Gasteiger partial charge in [-0.2, -0.15) is 0 Å². The number of hydrogen-bond acceptors (Lipinski definition) is 4. The first-order valence-electron chi connectivity index (χ1n) is 8.24. The second kappa shape index (κ2) is 5.55. The van der Waals surface area contributed by atoms with Crippen LogP contribution in [0.5, 0.6) is 11.5 Å². The minimum Gasteiger partial charge on any atom is -0.507 e. The molecule has 0 saturated carbocycles. The van der Waals surface area contributed by atoms with Gasteiger partial charge in [0.1, 0.15) is 23.2 Å². The van der Waals surface area contributed by atoms with E-state index in [1.54, 1.807) is 6.07 Å². The molecule has 1 atom stereocenters. The Labute approximate surface area is 145 Å². The second-order valence-corrected chi connectivity index (χ2v) is 6.58. The summed E-state index contributed by atoms with van der Waals surface area (Å²) in [6.45, 7) is 4.20. The maximum atomic E-state index is 12.3. The lowest BCUT2D eigenvalue weighted by Gasteiger charge is -2.23. The topological polar surface area (TPSA) is 71.5 Å². The fraction of sp³-hybridized carbons (Fsp3) is 0.250. The van der Waals surface area contributed by atoms with Gasteiger partial charge in [0.15, 0.2) is 0 Å². The van der Waals surface area contributed by atoms with Crippen LogP contribution < -0.4 is 4.74 Å². The molecule has 2 aromatic carbocycles. The largest absolute Gasteiger partial charge is 0.507 e. The summed E-state index contributed by atoms with van der Waals surface area (Å²) in [6, 6.07) is 9.21. The molecule has 1 aromatic heterocycles. The lowest BCUT2D eigenvalue weighted by molar-refractivity contribution is 0.0597. The summed E-state index contributed by atoms with van der Waals surface area (Å²) in [5.41, 5.74) is 3.55. The molecule has 1 aliphatic rings. The van der Waals surface area contributed by atoms with E-state index in [2.05, 4.69) is 18.8 Å². The minimum atomic E-state index is -0.590. The van der Waals surface area contributed by atoms with Gasteiger partial charge in [0.2, 0.25) is 0 Å². The molecule has 5 heteroatoms. The average Bonchev–Trinajstić information content (AvgIpc) is 2.96. The number of carbonyl (C=O) groups is 1. The molecule has 1 aliphatic heterocycles. The lowest BCUT2D eigenvalue weighted by atomic mass is 9.92. The summed E-state index contributed by atoms with van der Waals surface area (Å²) in [6.07, 6.45) is 1.69. The standard InChI is InChI=1S/C20H19NO4/c1-10(2)19-11-5-4-6-13-16(11)12(9-21-13)17-15(25-19)8-7-14(22)18(17)20(23)24-3/h4-10,19,21-22H,1-3H3/t19-/m1/s1. The van der Waals surface area contributed by atoms with Crippen LogP contribution in [0.3, 0.4) is 0 Å². The first kappa shape index (κ1) is 15.6. The van der Waals surface area contributed by atoms with E-state index in [0.717, 1.165) is 22.0 Å². The highest BCUT2D eigenvalue weighted by Gasteiger charge is 2.32. The summed E-state index contributed by atoms with van der Waals surface area (Å²) in [7, 11) is 1.30. The van der Waals surface area contributed by atoms with Gasteiger partial charge in [-0.1, -0.05) is 26.0 Å². The summed E-state index contributed by atoms with van der Waals surface area (Å²) >= 11 is 0. The Kier molecular flexibility index (Phi) is 3.46. The number of benzene rings is 2. The van der Waals surface area contributed by atoms with E-state index in [9.17, 15) is 9.90 Å². The smallest absolute Gasteiger partial charge is 0.342 e. The number of ether oxygens (including phenoxy) is 2. The molecule has 0 amide bonds. The summed E-state index contributed by atoms with van der Waals surface area (Å²) in [5.74, 6) is 0.0838. The van der Waals surface area contributed by atoms with E-state index in [1.165, 1.54) is 13.2 Å². The highest BCUT2D eigenvalue weighted by Crippen LogP contribution is 2.48. The molecule has 0 unspecified atom stereocenters. The zero-order valence-electron chi connectivity index (χ0n) is 14.3. The lowest BCUT2D eigenvalue weighted by Crippen LogP contribution is -2.14. The van der Waals surface area contributed by atoms with Crippen molar-refractivity contribution >= 4 is 16.9 Å². The number of nitrogens with one attached hydrogen (secondary N) is 1. The zero-order chi connectivity index (χ0) is 17.7. The molecule has 0 radical (unpaired) electrons. The van der Waals surface area contributed by atoms with Crippen molar-refractivity contribution in [3.05, 3.63) is 47.7 Å². The van der Waals surface area contributed by atoms with Gasteiger partial charge in [0.05, 0.1) is 7.11 Å². The van der Waals surface area contributed by atoms with Gasteiger partial charge in [-0.15, -0.1) is 0 Å². The quantitative estimate of drug-likeness (QED) is 0.679. The summed E-state index contributed by atoms with van der Waals surface area (Å²) in [4.78, 5) is 15.6. The molecule has 0 saturated heterocycles. The van der Waals surface area contributed by atoms with Crippen molar-refractivity contribution < 1.29 is 19.4 Å². The van der Waals surface area contributed by atoms with Crippen molar-refractivity contribution in [2.75, 3.05) is 7.11 Å². The number of carbonyl (C=O) groups excluding carboxylic acids is 1. The molecule has 2 heterocycles. The molecular weight excluding hydrogens is 318 g/mol.